The average Bonchev–Trinajstić information content (AvgIpc) is 2.54. The van der Waals surface area contributed by atoms with Crippen molar-refractivity contribution >= 4 is 17.7 Å². The van der Waals surface area contributed by atoms with Gasteiger partial charge in [0.1, 0.15) is 0 Å². The molecule has 5 nitrogen and oxygen atoms in total. The lowest BCUT2D eigenvalue weighted by Gasteiger charge is -2.18. The molecular weight excluding hydrogens is 210 g/mol. The zero-order chi connectivity index (χ0) is 12.5. The lowest BCUT2D eigenvalue weighted by molar-refractivity contribution is -0.133. The minimum Gasteiger partial charge on any atom is -0.478 e. The monoisotopic (exact) mass is 225 g/mol. The largest absolute Gasteiger partial charge is 0.478 e. The Hall–Kier alpha value is -1.65. The van der Waals surface area contributed by atoms with Gasteiger partial charge in [-0.2, -0.15) is 0 Å². The highest BCUT2D eigenvalue weighted by Gasteiger charge is 2.39. The molecule has 5 heteroatoms. The second-order valence-corrected chi connectivity index (χ2v) is 3.99. The zero-order valence-electron chi connectivity index (χ0n) is 9.53. The van der Waals surface area contributed by atoms with E-state index in [4.69, 9.17) is 5.11 Å². The first-order valence-corrected chi connectivity index (χ1v) is 5.19. The van der Waals surface area contributed by atoms with Crippen LogP contribution in [0.25, 0.3) is 0 Å². The summed E-state index contributed by atoms with van der Waals surface area (Å²) < 4.78 is 0. The molecule has 2 unspecified atom stereocenters. The van der Waals surface area contributed by atoms with E-state index in [1.807, 2.05) is 13.8 Å². The van der Waals surface area contributed by atoms with Gasteiger partial charge in [-0.25, -0.2) is 4.79 Å². The number of nitrogens with one attached hydrogen (secondary N) is 1. The average molecular weight is 225 g/mol. The van der Waals surface area contributed by atoms with Crippen LogP contribution in [0.4, 0.5) is 0 Å². The van der Waals surface area contributed by atoms with Crippen LogP contribution in [0.15, 0.2) is 11.1 Å². The van der Waals surface area contributed by atoms with Crippen LogP contribution in [0, 0.1) is 5.92 Å². The molecule has 0 saturated carbocycles. The number of carboxylic acids is 1. The summed E-state index contributed by atoms with van der Waals surface area (Å²) >= 11 is 0. The standard InChI is InChI=1S/C11H15NO4/c1-4-5(2)9-8(11(15)16)7(6(3)13)10(14)12-9/h5,9H,4H2,1-3H3,(H,12,14)(H,15,16). The van der Waals surface area contributed by atoms with Crippen LogP contribution >= 0.6 is 0 Å². The first kappa shape index (κ1) is 12.4. The molecule has 1 rings (SSSR count). The summed E-state index contributed by atoms with van der Waals surface area (Å²) in [6.07, 6.45) is 0.729. The molecule has 0 bridgehead atoms. The SMILES string of the molecule is CCC(C)C1NC(=O)C(C(C)=O)=C1C(=O)O. The number of hydrogen-bond acceptors (Lipinski definition) is 3. The summed E-state index contributed by atoms with van der Waals surface area (Å²) in [4.78, 5) is 33.8. The van der Waals surface area contributed by atoms with E-state index < -0.39 is 23.7 Å². The number of carbonyl (C=O) groups is 3. The molecule has 0 saturated heterocycles. The Kier molecular flexibility index (Phi) is 3.47. The van der Waals surface area contributed by atoms with Gasteiger partial charge < -0.3 is 10.4 Å². The molecule has 1 heterocycles. The van der Waals surface area contributed by atoms with E-state index in [9.17, 15) is 14.4 Å². The quantitative estimate of drug-likeness (QED) is 0.682. The Bertz CT molecular complexity index is 383. The Morgan fingerprint density at radius 2 is 2.06 bits per heavy atom. The van der Waals surface area contributed by atoms with E-state index >= 15 is 0 Å². The topological polar surface area (TPSA) is 83.5 Å². The summed E-state index contributed by atoms with van der Waals surface area (Å²) in [5, 5.41) is 11.6. The molecular formula is C11H15NO4. The fraction of sp³-hybridized carbons (Fsp3) is 0.545. The second-order valence-electron chi connectivity index (χ2n) is 3.99. The number of ketones is 1. The van der Waals surface area contributed by atoms with Crippen molar-refractivity contribution in [3.05, 3.63) is 11.1 Å². The lowest BCUT2D eigenvalue weighted by atomic mass is 9.92. The van der Waals surface area contributed by atoms with Gasteiger partial charge in [-0.05, 0) is 12.8 Å². The minimum absolute atomic E-state index is 0.00750. The predicted octanol–water partition coefficient (Wildman–Crippen LogP) is 0.501. The maximum Gasteiger partial charge on any atom is 0.334 e. The minimum atomic E-state index is -1.20. The van der Waals surface area contributed by atoms with Crippen molar-refractivity contribution in [1.82, 2.24) is 5.32 Å². The van der Waals surface area contributed by atoms with Gasteiger partial charge in [-0.3, -0.25) is 9.59 Å². The fourth-order valence-corrected chi connectivity index (χ4v) is 1.82. The Labute approximate surface area is 93.5 Å². The van der Waals surface area contributed by atoms with Crippen molar-refractivity contribution in [2.45, 2.75) is 33.2 Å². The van der Waals surface area contributed by atoms with E-state index in [1.165, 1.54) is 6.92 Å². The third-order valence-corrected chi connectivity index (χ3v) is 2.89. The second kappa shape index (κ2) is 4.47. The van der Waals surface area contributed by atoms with Gasteiger partial charge in [0.15, 0.2) is 5.78 Å². The number of hydrogen-bond donors (Lipinski definition) is 2. The summed E-state index contributed by atoms with van der Waals surface area (Å²) in [7, 11) is 0. The van der Waals surface area contributed by atoms with E-state index in [0.29, 0.717) is 0 Å². The smallest absolute Gasteiger partial charge is 0.334 e. The van der Waals surface area contributed by atoms with Crippen LogP contribution in [0.2, 0.25) is 0 Å². The normalized spacial score (nSPS) is 21.9. The molecule has 0 spiro atoms. The van der Waals surface area contributed by atoms with Gasteiger partial charge >= 0.3 is 5.97 Å². The highest BCUT2D eigenvalue weighted by Crippen LogP contribution is 2.25. The predicted molar refractivity (Wildman–Crippen MR) is 56.7 cm³/mol. The van der Waals surface area contributed by atoms with Gasteiger partial charge in [0.2, 0.25) is 0 Å². The first-order chi connectivity index (χ1) is 7.40. The third kappa shape index (κ3) is 1.98. The number of amides is 1. The van der Waals surface area contributed by atoms with Crippen molar-refractivity contribution in [1.29, 1.82) is 0 Å². The van der Waals surface area contributed by atoms with Crippen LogP contribution in [0.5, 0.6) is 0 Å². The van der Waals surface area contributed by atoms with Gasteiger partial charge in [0.05, 0.1) is 17.2 Å². The summed E-state index contributed by atoms with van der Waals surface area (Å²) in [5.74, 6) is -2.28. The van der Waals surface area contributed by atoms with Crippen LogP contribution in [-0.4, -0.2) is 28.8 Å². The maximum atomic E-state index is 11.5. The summed E-state index contributed by atoms with van der Waals surface area (Å²) in [6, 6.07) is -0.561. The molecule has 0 aromatic heterocycles. The van der Waals surface area contributed by atoms with E-state index in [1.54, 1.807) is 0 Å². The molecule has 1 amide bonds. The van der Waals surface area contributed by atoms with Crippen molar-refractivity contribution in [3.8, 4) is 0 Å². The van der Waals surface area contributed by atoms with Gasteiger partial charge in [0, 0.05) is 0 Å². The number of rotatable bonds is 4. The number of aliphatic carboxylic acids is 1. The van der Waals surface area contributed by atoms with E-state index in [-0.39, 0.29) is 17.1 Å². The Morgan fingerprint density at radius 3 is 2.44 bits per heavy atom. The highest BCUT2D eigenvalue weighted by atomic mass is 16.4. The van der Waals surface area contributed by atoms with Crippen molar-refractivity contribution in [3.63, 3.8) is 0 Å². The molecule has 0 radical (unpaired) electrons. The van der Waals surface area contributed by atoms with Gasteiger partial charge in [-0.15, -0.1) is 0 Å². The van der Waals surface area contributed by atoms with E-state index in [2.05, 4.69) is 5.32 Å². The van der Waals surface area contributed by atoms with Crippen LogP contribution in [0.1, 0.15) is 27.2 Å². The molecule has 1 aliphatic heterocycles. The highest BCUT2D eigenvalue weighted by molar-refractivity contribution is 6.25. The van der Waals surface area contributed by atoms with E-state index in [0.717, 1.165) is 6.42 Å². The zero-order valence-corrected chi connectivity index (χ0v) is 9.53. The number of Topliss-reactive ketones (excluding diaryl/α,β-unsaturated/α-hetero) is 1. The summed E-state index contributed by atoms with van der Waals surface area (Å²) in [6.45, 7) is 4.95. The molecule has 0 fully saturated rings. The molecule has 88 valence electrons. The van der Waals surface area contributed by atoms with Gasteiger partial charge in [-0.1, -0.05) is 20.3 Å². The van der Waals surface area contributed by atoms with Crippen LogP contribution < -0.4 is 5.32 Å². The lowest BCUT2D eigenvalue weighted by Crippen LogP contribution is -2.36. The molecule has 0 aliphatic carbocycles. The molecule has 2 atom stereocenters. The van der Waals surface area contributed by atoms with Crippen LogP contribution in [-0.2, 0) is 14.4 Å². The number of carbonyl (C=O) groups excluding carboxylic acids is 2. The van der Waals surface area contributed by atoms with Crippen molar-refractivity contribution in [2.24, 2.45) is 5.92 Å². The van der Waals surface area contributed by atoms with Crippen molar-refractivity contribution < 1.29 is 19.5 Å². The molecule has 16 heavy (non-hydrogen) atoms. The fourth-order valence-electron chi connectivity index (χ4n) is 1.82. The number of carboxylic acid groups (broad SMARTS) is 1. The van der Waals surface area contributed by atoms with Crippen LogP contribution in [0.3, 0.4) is 0 Å². The van der Waals surface area contributed by atoms with Crippen molar-refractivity contribution in [2.75, 3.05) is 0 Å². The molecule has 0 aromatic rings. The Balaban J connectivity index is 3.24. The molecule has 2 N–H and O–H groups in total. The van der Waals surface area contributed by atoms with Gasteiger partial charge in [0.25, 0.3) is 5.91 Å². The maximum absolute atomic E-state index is 11.5. The molecule has 1 aliphatic rings. The third-order valence-electron chi connectivity index (χ3n) is 2.89. The summed E-state index contributed by atoms with van der Waals surface area (Å²) in [5.41, 5.74) is -0.301. The first-order valence-electron chi connectivity index (χ1n) is 5.19. The molecule has 0 aromatic carbocycles. The Morgan fingerprint density at radius 1 is 1.50 bits per heavy atom.